The van der Waals surface area contributed by atoms with Gasteiger partial charge < -0.3 is 9.88 Å². The van der Waals surface area contributed by atoms with Gasteiger partial charge in [0, 0.05) is 17.3 Å². The standard InChI is InChI=1S/C10H11N3OS/c14-10(7-13-4-3-11-8-13)12-6-9-2-1-5-15-9/h1-5,8H,6-7H2,(H,12,14). The lowest BCUT2D eigenvalue weighted by Crippen LogP contribution is -2.26. The van der Waals surface area contributed by atoms with Gasteiger partial charge in [0.05, 0.1) is 12.9 Å². The molecule has 2 rings (SSSR count). The summed E-state index contributed by atoms with van der Waals surface area (Å²) < 4.78 is 1.74. The Bertz CT molecular complexity index is 408. The van der Waals surface area contributed by atoms with Gasteiger partial charge in [-0.05, 0) is 11.4 Å². The van der Waals surface area contributed by atoms with Crippen LogP contribution in [0.25, 0.3) is 0 Å². The second-order valence-corrected chi connectivity index (χ2v) is 4.12. The summed E-state index contributed by atoms with van der Waals surface area (Å²) >= 11 is 1.64. The summed E-state index contributed by atoms with van der Waals surface area (Å²) in [5.74, 6) is 0.00130. The van der Waals surface area contributed by atoms with E-state index in [1.807, 2.05) is 17.5 Å². The number of carbonyl (C=O) groups is 1. The molecule has 0 radical (unpaired) electrons. The Balaban J connectivity index is 1.78. The summed E-state index contributed by atoms with van der Waals surface area (Å²) in [5, 5.41) is 4.84. The van der Waals surface area contributed by atoms with Gasteiger partial charge in [0.25, 0.3) is 0 Å². The van der Waals surface area contributed by atoms with Crippen LogP contribution in [-0.4, -0.2) is 15.5 Å². The third kappa shape index (κ3) is 2.92. The summed E-state index contributed by atoms with van der Waals surface area (Å²) in [6.07, 6.45) is 5.06. The third-order valence-corrected chi connectivity index (χ3v) is 2.80. The van der Waals surface area contributed by atoms with Crippen LogP contribution in [0, 0.1) is 0 Å². The highest BCUT2D eigenvalue weighted by Crippen LogP contribution is 2.07. The van der Waals surface area contributed by atoms with Crippen molar-refractivity contribution in [2.24, 2.45) is 0 Å². The van der Waals surface area contributed by atoms with Crippen molar-refractivity contribution in [2.75, 3.05) is 0 Å². The monoisotopic (exact) mass is 221 g/mol. The topological polar surface area (TPSA) is 46.9 Å². The lowest BCUT2D eigenvalue weighted by atomic mass is 10.4. The van der Waals surface area contributed by atoms with Gasteiger partial charge in [0.2, 0.25) is 5.91 Å². The predicted octanol–water partition coefficient (Wildman–Crippen LogP) is 1.26. The van der Waals surface area contributed by atoms with Gasteiger partial charge >= 0.3 is 0 Å². The first kappa shape index (κ1) is 9.92. The van der Waals surface area contributed by atoms with Crippen LogP contribution in [0.2, 0.25) is 0 Å². The molecule has 0 aliphatic heterocycles. The first-order chi connectivity index (χ1) is 7.34. The number of amides is 1. The Kier molecular flexibility index (Phi) is 3.14. The van der Waals surface area contributed by atoms with Crippen molar-refractivity contribution < 1.29 is 4.79 Å². The van der Waals surface area contributed by atoms with E-state index < -0.39 is 0 Å². The fourth-order valence-corrected chi connectivity index (χ4v) is 1.85. The molecule has 0 saturated carbocycles. The van der Waals surface area contributed by atoms with E-state index in [-0.39, 0.29) is 5.91 Å². The van der Waals surface area contributed by atoms with E-state index in [1.54, 1.807) is 34.6 Å². The molecule has 2 heterocycles. The van der Waals surface area contributed by atoms with Crippen molar-refractivity contribution in [2.45, 2.75) is 13.1 Å². The Labute approximate surface area is 91.6 Å². The second kappa shape index (κ2) is 4.75. The van der Waals surface area contributed by atoms with Crippen molar-refractivity contribution in [3.8, 4) is 0 Å². The van der Waals surface area contributed by atoms with E-state index in [2.05, 4.69) is 10.3 Å². The Morgan fingerprint density at radius 2 is 2.53 bits per heavy atom. The number of carbonyl (C=O) groups excluding carboxylic acids is 1. The molecule has 4 nitrogen and oxygen atoms in total. The molecule has 0 aliphatic rings. The third-order valence-electron chi connectivity index (χ3n) is 1.93. The first-order valence-corrected chi connectivity index (χ1v) is 5.47. The number of nitrogens with one attached hydrogen (secondary N) is 1. The quantitative estimate of drug-likeness (QED) is 0.845. The van der Waals surface area contributed by atoms with Gasteiger partial charge in [-0.2, -0.15) is 0 Å². The van der Waals surface area contributed by atoms with Gasteiger partial charge in [-0.1, -0.05) is 6.07 Å². The molecule has 0 fully saturated rings. The van der Waals surface area contributed by atoms with E-state index in [1.165, 1.54) is 0 Å². The summed E-state index contributed by atoms with van der Waals surface area (Å²) in [6, 6.07) is 3.98. The van der Waals surface area contributed by atoms with Crippen LogP contribution in [-0.2, 0) is 17.9 Å². The highest BCUT2D eigenvalue weighted by molar-refractivity contribution is 7.09. The Morgan fingerprint density at radius 3 is 3.20 bits per heavy atom. The fraction of sp³-hybridized carbons (Fsp3) is 0.200. The van der Waals surface area contributed by atoms with E-state index in [4.69, 9.17) is 0 Å². The number of imidazole rings is 1. The lowest BCUT2D eigenvalue weighted by Gasteiger charge is -2.03. The minimum atomic E-state index is 0.00130. The normalized spacial score (nSPS) is 10.1. The number of rotatable bonds is 4. The highest BCUT2D eigenvalue weighted by atomic mass is 32.1. The highest BCUT2D eigenvalue weighted by Gasteiger charge is 2.01. The largest absolute Gasteiger partial charge is 0.350 e. The molecule has 1 N–H and O–H groups in total. The maximum absolute atomic E-state index is 11.5. The number of aromatic nitrogens is 2. The molecule has 2 aromatic heterocycles. The summed E-state index contributed by atoms with van der Waals surface area (Å²) in [7, 11) is 0. The minimum Gasteiger partial charge on any atom is -0.350 e. The number of hydrogen-bond acceptors (Lipinski definition) is 3. The zero-order valence-electron chi connectivity index (χ0n) is 8.09. The summed E-state index contributed by atoms with van der Waals surface area (Å²) in [4.78, 5) is 16.5. The van der Waals surface area contributed by atoms with Crippen LogP contribution in [0.5, 0.6) is 0 Å². The molecule has 5 heteroatoms. The Hall–Kier alpha value is -1.62. The van der Waals surface area contributed by atoms with Crippen LogP contribution in [0.3, 0.4) is 0 Å². The predicted molar refractivity (Wildman–Crippen MR) is 58.4 cm³/mol. The van der Waals surface area contributed by atoms with Crippen molar-refractivity contribution in [3.63, 3.8) is 0 Å². The number of nitrogens with zero attached hydrogens (tertiary/aromatic N) is 2. The zero-order chi connectivity index (χ0) is 10.5. The Morgan fingerprint density at radius 1 is 1.60 bits per heavy atom. The fourth-order valence-electron chi connectivity index (χ4n) is 1.20. The minimum absolute atomic E-state index is 0.00130. The SMILES string of the molecule is O=C(Cn1ccnc1)NCc1cccs1. The van der Waals surface area contributed by atoms with Gasteiger partial charge in [-0.3, -0.25) is 4.79 Å². The van der Waals surface area contributed by atoms with Crippen LogP contribution in [0.1, 0.15) is 4.88 Å². The molecule has 2 aromatic rings. The average Bonchev–Trinajstić information content (AvgIpc) is 2.86. The smallest absolute Gasteiger partial charge is 0.240 e. The molecule has 0 atom stereocenters. The summed E-state index contributed by atoms with van der Waals surface area (Å²) in [5.41, 5.74) is 0. The lowest BCUT2D eigenvalue weighted by molar-refractivity contribution is -0.121. The van der Waals surface area contributed by atoms with Gasteiger partial charge in [-0.25, -0.2) is 4.98 Å². The first-order valence-electron chi connectivity index (χ1n) is 4.59. The van der Waals surface area contributed by atoms with E-state index >= 15 is 0 Å². The van der Waals surface area contributed by atoms with Crippen molar-refractivity contribution in [3.05, 3.63) is 41.1 Å². The second-order valence-electron chi connectivity index (χ2n) is 3.09. The van der Waals surface area contributed by atoms with Crippen molar-refractivity contribution in [1.82, 2.24) is 14.9 Å². The van der Waals surface area contributed by atoms with E-state index in [0.29, 0.717) is 13.1 Å². The number of thiophene rings is 1. The molecule has 0 bridgehead atoms. The van der Waals surface area contributed by atoms with Crippen LogP contribution in [0.4, 0.5) is 0 Å². The number of hydrogen-bond donors (Lipinski definition) is 1. The van der Waals surface area contributed by atoms with Crippen LogP contribution < -0.4 is 5.32 Å². The molecule has 0 saturated heterocycles. The van der Waals surface area contributed by atoms with E-state index in [9.17, 15) is 4.79 Å². The molecule has 0 spiro atoms. The zero-order valence-corrected chi connectivity index (χ0v) is 8.91. The molecule has 0 aromatic carbocycles. The van der Waals surface area contributed by atoms with E-state index in [0.717, 1.165) is 4.88 Å². The molecule has 1 amide bonds. The molecular formula is C10H11N3OS. The van der Waals surface area contributed by atoms with Gasteiger partial charge in [-0.15, -0.1) is 11.3 Å². The van der Waals surface area contributed by atoms with Gasteiger partial charge in [0.15, 0.2) is 0 Å². The molecule has 0 aliphatic carbocycles. The van der Waals surface area contributed by atoms with Crippen LogP contribution >= 0.6 is 11.3 Å². The maximum Gasteiger partial charge on any atom is 0.240 e. The average molecular weight is 221 g/mol. The summed E-state index contributed by atoms with van der Waals surface area (Å²) in [6.45, 7) is 0.927. The van der Waals surface area contributed by atoms with Gasteiger partial charge in [0.1, 0.15) is 6.54 Å². The maximum atomic E-state index is 11.5. The molecular weight excluding hydrogens is 210 g/mol. The van der Waals surface area contributed by atoms with Crippen LogP contribution in [0.15, 0.2) is 36.2 Å². The molecule has 0 unspecified atom stereocenters. The molecule has 15 heavy (non-hydrogen) atoms. The van der Waals surface area contributed by atoms with Crippen molar-refractivity contribution in [1.29, 1.82) is 0 Å². The molecule has 78 valence electrons. The van der Waals surface area contributed by atoms with Crippen molar-refractivity contribution >= 4 is 17.2 Å².